The van der Waals surface area contributed by atoms with Crippen LogP contribution in [0.4, 0.5) is 0 Å². The Morgan fingerprint density at radius 3 is 2.75 bits per heavy atom. The highest BCUT2D eigenvalue weighted by Crippen LogP contribution is 2.40. The van der Waals surface area contributed by atoms with Gasteiger partial charge in [0.05, 0.1) is 11.1 Å². The van der Waals surface area contributed by atoms with E-state index in [2.05, 4.69) is 47.2 Å². The van der Waals surface area contributed by atoms with E-state index < -0.39 is 0 Å². The number of hydrogen-bond donors (Lipinski definition) is 1. The van der Waals surface area contributed by atoms with Crippen molar-refractivity contribution < 1.29 is 14.2 Å². The van der Waals surface area contributed by atoms with Gasteiger partial charge in [0.15, 0.2) is 0 Å². The number of nitrogens with one attached hydrogen (secondary N) is 1. The topological polar surface area (TPSA) is 39.7 Å². The number of halogens is 1. The third-order valence-corrected chi connectivity index (χ3v) is 4.88. The molecule has 1 aliphatic carbocycles. The Morgan fingerprint density at radius 2 is 2.08 bits per heavy atom. The van der Waals surface area contributed by atoms with Crippen LogP contribution in [0.5, 0.6) is 11.5 Å². The Kier molecular flexibility index (Phi) is 5.72. The molecule has 24 heavy (non-hydrogen) atoms. The third kappa shape index (κ3) is 4.25. The van der Waals surface area contributed by atoms with Gasteiger partial charge < -0.3 is 19.5 Å². The van der Waals surface area contributed by atoms with Crippen molar-refractivity contribution in [1.82, 2.24) is 5.32 Å². The highest BCUT2D eigenvalue weighted by Gasteiger charge is 2.29. The second kappa shape index (κ2) is 7.79. The zero-order chi connectivity index (χ0) is 17.1. The van der Waals surface area contributed by atoms with E-state index in [4.69, 9.17) is 14.2 Å². The molecule has 0 radical (unpaired) electrons. The van der Waals surface area contributed by atoms with Crippen LogP contribution in [-0.2, 0) is 4.74 Å². The molecule has 1 aliphatic heterocycles. The summed E-state index contributed by atoms with van der Waals surface area (Å²) in [5.41, 5.74) is 2.29. The van der Waals surface area contributed by atoms with E-state index in [1.807, 2.05) is 6.07 Å². The molecule has 1 aromatic rings. The van der Waals surface area contributed by atoms with E-state index in [1.54, 1.807) is 7.11 Å². The van der Waals surface area contributed by atoms with Crippen LogP contribution in [0.15, 0.2) is 22.7 Å². The molecule has 1 fully saturated rings. The van der Waals surface area contributed by atoms with Crippen molar-refractivity contribution in [2.24, 2.45) is 5.92 Å². The normalized spacial score (nSPS) is 19.5. The first kappa shape index (κ1) is 17.6. The maximum Gasteiger partial charge on any atom is 0.137 e. The van der Waals surface area contributed by atoms with Gasteiger partial charge in [0, 0.05) is 43.5 Å². The van der Waals surface area contributed by atoms with Gasteiger partial charge >= 0.3 is 0 Å². The molecule has 1 saturated carbocycles. The van der Waals surface area contributed by atoms with Crippen LogP contribution in [0.25, 0.3) is 5.70 Å². The second-order valence-corrected chi connectivity index (χ2v) is 7.65. The number of methoxy groups -OCH3 is 1. The molecule has 1 aromatic carbocycles. The molecule has 0 spiro atoms. The molecule has 0 saturated heterocycles. The maximum absolute atomic E-state index is 6.21. The van der Waals surface area contributed by atoms with E-state index in [9.17, 15) is 0 Å². The molecule has 2 aliphatic rings. The monoisotopic (exact) mass is 395 g/mol. The minimum atomic E-state index is 0.0845. The van der Waals surface area contributed by atoms with Gasteiger partial charge in [-0.2, -0.15) is 0 Å². The van der Waals surface area contributed by atoms with Gasteiger partial charge in [-0.25, -0.2) is 0 Å². The first-order valence-corrected chi connectivity index (χ1v) is 9.48. The summed E-state index contributed by atoms with van der Waals surface area (Å²) in [5, 5.41) is 3.64. The molecular formula is C19H26BrNO3. The van der Waals surface area contributed by atoms with Gasteiger partial charge in [0.2, 0.25) is 0 Å². The van der Waals surface area contributed by atoms with Gasteiger partial charge in [0.1, 0.15) is 17.6 Å². The van der Waals surface area contributed by atoms with Crippen molar-refractivity contribution in [2.75, 3.05) is 20.3 Å². The minimum Gasteiger partial charge on any atom is -0.492 e. The van der Waals surface area contributed by atoms with E-state index in [-0.39, 0.29) is 6.10 Å². The zero-order valence-electron chi connectivity index (χ0n) is 14.6. The SMILES string of the molecule is COCCCOc1cc2c(cc1Br)C(NC1CC1)=CC(C(C)C)O2. The molecule has 1 unspecified atom stereocenters. The van der Waals surface area contributed by atoms with Crippen LogP contribution >= 0.6 is 15.9 Å². The van der Waals surface area contributed by atoms with E-state index in [1.165, 1.54) is 18.5 Å². The van der Waals surface area contributed by atoms with Gasteiger partial charge in [-0.3, -0.25) is 0 Å². The van der Waals surface area contributed by atoms with Crippen molar-refractivity contribution in [2.45, 2.75) is 45.3 Å². The Balaban J connectivity index is 1.81. The van der Waals surface area contributed by atoms with E-state index in [0.29, 0.717) is 25.2 Å². The fraction of sp³-hybridized carbons (Fsp3) is 0.579. The Hall–Kier alpha value is -1.20. The predicted octanol–water partition coefficient (Wildman–Crippen LogP) is 4.37. The lowest BCUT2D eigenvalue weighted by Crippen LogP contribution is -2.28. The summed E-state index contributed by atoms with van der Waals surface area (Å²) in [6.45, 7) is 5.69. The zero-order valence-corrected chi connectivity index (χ0v) is 16.2. The van der Waals surface area contributed by atoms with Crippen LogP contribution in [0.1, 0.15) is 38.7 Å². The van der Waals surface area contributed by atoms with Gasteiger partial charge in [0.25, 0.3) is 0 Å². The van der Waals surface area contributed by atoms with E-state index >= 15 is 0 Å². The average Bonchev–Trinajstić information content (AvgIpc) is 3.36. The number of fused-ring (bicyclic) bond motifs is 1. The standard InChI is InChI=1S/C19H26BrNO3/c1-12(2)17-10-16(21-13-5-6-13)14-9-15(20)19(11-18(14)24-17)23-8-4-7-22-3/h9-13,17,21H,4-8H2,1-3H3. The van der Waals surface area contributed by atoms with Crippen LogP contribution in [0, 0.1) is 5.92 Å². The van der Waals surface area contributed by atoms with E-state index in [0.717, 1.165) is 28.0 Å². The molecule has 3 rings (SSSR count). The molecule has 5 heteroatoms. The molecule has 0 bridgehead atoms. The summed E-state index contributed by atoms with van der Waals surface area (Å²) < 4.78 is 18.1. The van der Waals surface area contributed by atoms with Crippen molar-refractivity contribution in [1.29, 1.82) is 0 Å². The number of rotatable bonds is 8. The van der Waals surface area contributed by atoms with Crippen LogP contribution in [0.2, 0.25) is 0 Å². The Bertz CT molecular complexity index is 611. The summed E-state index contributed by atoms with van der Waals surface area (Å²) >= 11 is 3.63. The average molecular weight is 396 g/mol. The highest BCUT2D eigenvalue weighted by molar-refractivity contribution is 9.10. The molecule has 1 N–H and O–H groups in total. The third-order valence-electron chi connectivity index (χ3n) is 4.26. The summed E-state index contributed by atoms with van der Waals surface area (Å²) in [7, 11) is 1.70. The molecule has 0 amide bonds. The number of hydrogen-bond acceptors (Lipinski definition) is 4. The van der Waals surface area contributed by atoms with Gasteiger partial charge in [-0.15, -0.1) is 0 Å². The van der Waals surface area contributed by atoms with Crippen LogP contribution in [0.3, 0.4) is 0 Å². The summed E-state index contributed by atoms with van der Waals surface area (Å²) in [4.78, 5) is 0. The smallest absolute Gasteiger partial charge is 0.137 e. The van der Waals surface area contributed by atoms with Crippen LogP contribution < -0.4 is 14.8 Å². The van der Waals surface area contributed by atoms with Crippen LogP contribution in [-0.4, -0.2) is 32.5 Å². The minimum absolute atomic E-state index is 0.0845. The maximum atomic E-state index is 6.21. The molecular weight excluding hydrogens is 370 g/mol. The number of ether oxygens (including phenoxy) is 3. The van der Waals surface area contributed by atoms with Crippen molar-refractivity contribution in [3.8, 4) is 11.5 Å². The summed E-state index contributed by atoms with van der Waals surface area (Å²) in [5.74, 6) is 2.13. The number of benzene rings is 1. The fourth-order valence-corrected chi connectivity index (χ4v) is 3.13. The van der Waals surface area contributed by atoms with Gasteiger partial charge in [-0.1, -0.05) is 13.8 Å². The molecule has 1 heterocycles. The first-order chi connectivity index (χ1) is 11.6. The first-order valence-electron chi connectivity index (χ1n) is 8.69. The summed E-state index contributed by atoms with van der Waals surface area (Å²) in [6.07, 6.45) is 5.67. The molecule has 132 valence electrons. The molecule has 1 atom stereocenters. The van der Waals surface area contributed by atoms with Crippen molar-refractivity contribution >= 4 is 21.6 Å². The van der Waals surface area contributed by atoms with Crippen molar-refractivity contribution in [3.63, 3.8) is 0 Å². The fourth-order valence-electron chi connectivity index (χ4n) is 2.68. The predicted molar refractivity (Wildman–Crippen MR) is 99.5 cm³/mol. The lowest BCUT2D eigenvalue weighted by atomic mass is 9.99. The second-order valence-electron chi connectivity index (χ2n) is 6.80. The summed E-state index contributed by atoms with van der Waals surface area (Å²) in [6, 6.07) is 4.71. The van der Waals surface area contributed by atoms with Crippen molar-refractivity contribution in [3.05, 3.63) is 28.2 Å². The highest BCUT2D eigenvalue weighted by atomic mass is 79.9. The quantitative estimate of drug-likeness (QED) is 0.663. The Morgan fingerprint density at radius 1 is 1.29 bits per heavy atom. The lowest BCUT2D eigenvalue weighted by molar-refractivity contribution is 0.170. The van der Waals surface area contributed by atoms with Gasteiger partial charge in [-0.05, 0) is 46.8 Å². The molecule has 4 nitrogen and oxygen atoms in total. The Labute approximate surface area is 152 Å². The lowest BCUT2D eigenvalue weighted by Gasteiger charge is -2.29. The molecule has 0 aromatic heterocycles. The largest absolute Gasteiger partial charge is 0.492 e.